The first kappa shape index (κ1) is 14.7. The van der Waals surface area contributed by atoms with Crippen LogP contribution in [0.2, 0.25) is 0 Å². The van der Waals surface area contributed by atoms with Crippen molar-refractivity contribution in [2.75, 3.05) is 14.2 Å². The molecule has 0 atom stereocenters. The average Bonchev–Trinajstić information content (AvgIpc) is 2.49. The Balaban J connectivity index is 1.91. The van der Waals surface area contributed by atoms with E-state index < -0.39 is 0 Å². The summed E-state index contributed by atoms with van der Waals surface area (Å²) >= 11 is 6.43. The zero-order valence-corrected chi connectivity index (χ0v) is 12.6. The fourth-order valence-corrected chi connectivity index (χ4v) is 2.46. The minimum absolute atomic E-state index is 0.0804. The van der Waals surface area contributed by atoms with Crippen LogP contribution in [0, 0.1) is 0 Å². The molecule has 0 spiro atoms. The summed E-state index contributed by atoms with van der Waals surface area (Å²) in [6.45, 7) is 0. The van der Waals surface area contributed by atoms with Gasteiger partial charge < -0.3 is 9.47 Å². The lowest BCUT2D eigenvalue weighted by molar-refractivity contribution is 0.414. The van der Waals surface area contributed by atoms with Crippen molar-refractivity contribution in [1.82, 2.24) is 0 Å². The summed E-state index contributed by atoms with van der Waals surface area (Å²) in [5.41, 5.74) is 2.44. The molecule has 0 aliphatic heterocycles. The summed E-state index contributed by atoms with van der Waals surface area (Å²) in [5, 5.41) is 0.0804. The largest absolute Gasteiger partial charge is 0.497 e. The molecule has 20 heavy (non-hydrogen) atoms. The molecule has 0 saturated heterocycles. The second-order valence-corrected chi connectivity index (χ2v) is 5.32. The van der Waals surface area contributed by atoms with Gasteiger partial charge in [0.25, 0.3) is 0 Å². The van der Waals surface area contributed by atoms with Gasteiger partial charge in [0.05, 0.1) is 14.2 Å². The third-order valence-corrected chi connectivity index (χ3v) is 3.54. The third kappa shape index (κ3) is 4.17. The minimum Gasteiger partial charge on any atom is -0.497 e. The molecule has 2 aromatic rings. The lowest BCUT2D eigenvalue weighted by Crippen LogP contribution is -2.07. The van der Waals surface area contributed by atoms with Gasteiger partial charge in [-0.05, 0) is 48.2 Å². The van der Waals surface area contributed by atoms with Crippen LogP contribution >= 0.6 is 11.6 Å². The Morgan fingerprint density at radius 3 is 1.40 bits per heavy atom. The highest BCUT2D eigenvalue weighted by atomic mass is 35.5. The number of alkyl halides is 1. The number of rotatable bonds is 6. The van der Waals surface area contributed by atoms with Crippen LogP contribution in [-0.2, 0) is 12.8 Å². The summed E-state index contributed by atoms with van der Waals surface area (Å²) in [6.07, 6.45) is 1.69. The molecule has 0 fully saturated rings. The van der Waals surface area contributed by atoms with Crippen LogP contribution in [0.3, 0.4) is 0 Å². The standard InChI is InChI=1S/C17H19ClO2/c1-19-16-7-3-13(4-8-16)11-15(18)12-14-5-9-17(20-2)10-6-14/h3-10,15H,11-12H2,1-2H3. The first-order valence-corrected chi connectivity index (χ1v) is 7.05. The van der Waals surface area contributed by atoms with Gasteiger partial charge in [-0.15, -0.1) is 11.6 Å². The second kappa shape index (κ2) is 7.20. The van der Waals surface area contributed by atoms with Gasteiger partial charge >= 0.3 is 0 Å². The molecule has 0 saturated carbocycles. The Labute approximate surface area is 125 Å². The van der Waals surface area contributed by atoms with Crippen molar-refractivity contribution in [3.63, 3.8) is 0 Å². The van der Waals surface area contributed by atoms with E-state index in [0.29, 0.717) is 0 Å². The maximum Gasteiger partial charge on any atom is 0.118 e. The summed E-state index contributed by atoms with van der Waals surface area (Å²) in [5.74, 6) is 1.74. The summed E-state index contributed by atoms with van der Waals surface area (Å²) < 4.78 is 10.3. The first-order chi connectivity index (χ1) is 9.71. The van der Waals surface area contributed by atoms with Gasteiger partial charge in [0.15, 0.2) is 0 Å². The Morgan fingerprint density at radius 2 is 1.10 bits per heavy atom. The van der Waals surface area contributed by atoms with E-state index in [2.05, 4.69) is 24.3 Å². The molecular formula is C17H19ClO2. The van der Waals surface area contributed by atoms with Crippen molar-refractivity contribution in [2.24, 2.45) is 0 Å². The van der Waals surface area contributed by atoms with Crippen molar-refractivity contribution in [3.05, 3.63) is 59.7 Å². The van der Waals surface area contributed by atoms with Crippen molar-refractivity contribution in [1.29, 1.82) is 0 Å². The number of hydrogen-bond donors (Lipinski definition) is 0. The van der Waals surface area contributed by atoms with Gasteiger partial charge in [-0.3, -0.25) is 0 Å². The first-order valence-electron chi connectivity index (χ1n) is 6.61. The molecule has 0 heterocycles. The van der Waals surface area contributed by atoms with E-state index in [-0.39, 0.29) is 5.38 Å². The number of halogens is 1. The van der Waals surface area contributed by atoms with Crippen LogP contribution in [0.1, 0.15) is 11.1 Å². The Morgan fingerprint density at radius 1 is 0.750 bits per heavy atom. The van der Waals surface area contributed by atoms with Crippen LogP contribution < -0.4 is 9.47 Å². The molecule has 2 nitrogen and oxygen atoms in total. The number of methoxy groups -OCH3 is 2. The van der Waals surface area contributed by atoms with Crippen molar-refractivity contribution >= 4 is 11.6 Å². The van der Waals surface area contributed by atoms with E-state index in [9.17, 15) is 0 Å². The molecule has 0 unspecified atom stereocenters. The fraction of sp³-hybridized carbons (Fsp3) is 0.294. The van der Waals surface area contributed by atoms with Gasteiger partial charge in [-0.2, -0.15) is 0 Å². The molecule has 0 bridgehead atoms. The normalized spacial score (nSPS) is 10.6. The van der Waals surface area contributed by atoms with E-state index in [1.54, 1.807) is 14.2 Å². The predicted octanol–water partition coefficient (Wildman–Crippen LogP) is 4.10. The van der Waals surface area contributed by atoms with Crippen LogP contribution in [0.15, 0.2) is 48.5 Å². The minimum atomic E-state index is 0.0804. The van der Waals surface area contributed by atoms with Crippen molar-refractivity contribution in [2.45, 2.75) is 18.2 Å². The van der Waals surface area contributed by atoms with Crippen LogP contribution in [0.4, 0.5) is 0 Å². The van der Waals surface area contributed by atoms with E-state index >= 15 is 0 Å². The molecule has 2 rings (SSSR count). The van der Waals surface area contributed by atoms with Gasteiger partial charge in [-0.1, -0.05) is 24.3 Å². The highest BCUT2D eigenvalue weighted by molar-refractivity contribution is 6.20. The van der Waals surface area contributed by atoms with E-state index in [0.717, 1.165) is 24.3 Å². The monoisotopic (exact) mass is 290 g/mol. The number of benzene rings is 2. The highest BCUT2D eigenvalue weighted by Crippen LogP contribution is 2.18. The number of ether oxygens (including phenoxy) is 2. The smallest absolute Gasteiger partial charge is 0.118 e. The number of hydrogen-bond acceptors (Lipinski definition) is 2. The maximum atomic E-state index is 6.43. The quantitative estimate of drug-likeness (QED) is 0.746. The Bertz CT molecular complexity index is 470. The van der Waals surface area contributed by atoms with E-state index in [1.165, 1.54) is 11.1 Å². The molecule has 0 aromatic heterocycles. The lowest BCUT2D eigenvalue weighted by Gasteiger charge is -2.10. The molecule has 0 aliphatic carbocycles. The van der Waals surface area contributed by atoms with Gasteiger partial charge in [-0.25, -0.2) is 0 Å². The predicted molar refractivity (Wildman–Crippen MR) is 83.0 cm³/mol. The molecule has 106 valence electrons. The second-order valence-electron chi connectivity index (χ2n) is 4.70. The SMILES string of the molecule is COc1ccc(CC(Cl)Cc2ccc(OC)cc2)cc1. The van der Waals surface area contributed by atoms with Gasteiger partial charge in [0.2, 0.25) is 0 Å². The average molecular weight is 291 g/mol. The van der Waals surface area contributed by atoms with Crippen LogP contribution in [0.25, 0.3) is 0 Å². The van der Waals surface area contributed by atoms with Crippen LogP contribution in [-0.4, -0.2) is 19.6 Å². The van der Waals surface area contributed by atoms with E-state index in [4.69, 9.17) is 21.1 Å². The topological polar surface area (TPSA) is 18.5 Å². The maximum absolute atomic E-state index is 6.43. The van der Waals surface area contributed by atoms with Gasteiger partial charge in [0, 0.05) is 5.38 Å². The molecule has 0 amide bonds. The lowest BCUT2D eigenvalue weighted by atomic mass is 10.0. The Kier molecular flexibility index (Phi) is 5.31. The molecule has 3 heteroatoms. The fourth-order valence-electron chi connectivity index (χ4n) is 2.11. The molecule has 0 N–H and O–H groups in total. The highest BCUT2D eigenvalue weighted by Gasteiger charge is 2.08. The summed E-state index contributed by atoms with van der Waals surface area (Å²) in [4.78, 5) is 0. The van der Waals surface area contributed by atoms with Crippen molar-refractivity contribution in [3.8, 4) is 11.5 Å². The zero-order valence-electron chi connectivity index (χ0n) is 11.8. The summed E-state index contributed by atoms with van der Waals surface area (Å²) in [7, 11) is 3.34. The molecule has 2 aromatic carbocycles. The van der Waals surface area contributed by atoms with Crippen molar-refractivity contribution < 1.29 is 9.47 Å². The summed E-state index contributed by atoms with van der Waals surface area (Å²) in [6, 6.07) is 16.1. The molecule has 0 radical (unpaired) electrons. The van der Waals surface area contributed by atoms with Gasteiger partial charge in [0.1, 0.15) is 11.5 Å². The van der Waals surface area contributed by atoms with E-state index in [1.807, 2.05) is 24.3 Å². The Hall–Kier alpha value is -1.67. The van der Waals surface area contributed by atoms with Crippen LogP contribution in [0.5, 0.6) is 11.5 Å². The molecular weight excluding hydrogens is 272 g/mol. The molecule has 0 aliphatic rings. The third-order valence-electron chi connectivity index (χ3n) is 3.23. The zero-order chi connectivity index (χ0) is 14.4.